The summed E-state index contributed by atoms with van der Waals surface area (Å²) in [6.45, 7) is 3.56. The Morgan fingerprint density at radius 2 is 1.54 bits per heavy atom. The molecule has 0 bridgehead atoms. The van der Waals surface area contributed by atoms with Crippen molar-refractivity contribution >= 4 is 28.3 Å². The van der Waals surface area contributed by atoms with Gasteiger partial charge in [-0.3, -0.25) is 4.79 Å². The molecule has 1 amide bonds. The Morgan fingerprint density at radius 3 is 2.27 bits per heavy atom. The van der Waals surface area contributed by atoms with Crippen LogP contribution < -0.4 is 4.90 Å². The average molecular weight is 347 g/mol. The molecule has 132 valence electrons. The zero-order chi connectivity index (χ0) is 18.5. The normalized spacial score (nSPS) is 10.7. The molecule has 4 nitrogen and oxygen atoms in total. The Bertz CT molecular complexity index is 914. The van der Waals surface area contributed by atoms with Gasteiger partial charge in [-0.1, -0.05) is 54.6 Å². The maximum absolute atomic E-state index is 12.6. The number of nitrogens with zero attached hydrogens (tertiary/aromatic N) is 1. The number of esters is 1. The topological polar surface area (TPSA) is 46.6 Å². The first-order chi connectivity index (χ1) is 12.6. The summed E-state index contributed by atoms with van der Waals surface area (Å²) in [5.41, 5.74) is 1.25. The number of ether oxygens (including phenoxy) is 1. The Hall–Kier alpha value is -3.14. The van der Waals surface area contributed by atoms with Crippen LogP contribution >= 0.6 is 0 Å². The molecule has 0 aromatic heterocycles. The first-order valence-electron chi connectivity index (χ1n) is 8.60. The third kappa shape index (κ3) is 3.75. The maximum atomic E-state index is 12.6. The van der Waals surface area contributed by atoms with E-state index in [0.29, 0.717) is 5.56 Å². The predicted molar refractivity (Wildman–Crippen MR) is 103 cm³/mol. The Kier molecular flexibility index (Phi) is 5.32. The lowest BCUT2D eigenvalue weighted by Crippen LogP contribution is -2.39. The van der Waals surface area contributed by atoms with E-state index < -0.39 is 5.97 Å². The summed E-state index contributed by atoms with van der Waals surface area (Å²) in [5, 5.41) is 1.78. The van der Waals surface area contributed by atoms with Crippen LogP contribution in [0.5, 0.6) is 0 Å². The van der Waals surface area contributed by atoms with Crippen molar-refractivity contribution in [2.75, 3.05) is 11.5 Å². The molecule has 3 aromatic rings. The van der Waals surface area contributed by atoms with Crippen molar-refractivity contribution < 1.29 is 14.3 Å². The molecule has 0 unspecified atom stereocenters. The van der Waals surface area contributed by atoms with Crippen LogP contribution in [-0.2, 0) is 9.53 Å². The number of para-hydroxylation sites is 1. The second kappa shape index (κ2) is 7.83. The number of benzene rings is 3. The standard InChI is InChI=1S/C22H21NO3/c1-16(2)23(18-11-4-3-5-12-18)21(24)15-26-22(25)20-14-8-10-17-9-6-7-13-19(17)20/h3-14,16H,15H2,1-2H3. The van der Waals surface area contributed by atoms with Crippen molar-refractivity contribution in [1.82, 2.24) is 0 Å². The molecular formula is C22H21NO3. The fraction of sp³-hybridized carbons (Fsp3) is 0.182. The third-order valence-electron chi connectivity index (χ3n) is 4.16. The van der Waals surface area contributed by atoms with Gasteiger partial charge in [0.1, 0.15) is 0 Å². The second-order valence-corrected chi connectivity index (χ2v) is 6.30. The predicted octanol–water partition coefficient (Wildman–Crippen LogP) is 4.44. The number of rotatable bonds is 5. The van der Waals surface area contributed by atoms with Gasteiger partial charge < -0.3 is 9.64 Å². The maximum Gasteiger partial charge on any atom is 0.339 e. The molecule has 26 heavy (non-hydrogen) atoms. The summed E-state index contributed by atoms with van der Waals surface area (Å²) >= 11 is 0. The molecule has 4 heteroatoms. The van der Waals surface area contributed by atoms with E-state index in [1.54, 1.807) is 11.0 Å². The summed E-state index contributed by atoms with van der Waals surface area (Å²) in [6.07, 6.45) is 0. The van der Waals surface area contributed by atoms with Crippen LogP contribution in [-0.4, -0.2) is 24.5 Å². The first-order valence-corrected chi connectivity index (χ1v) is 8.60. The average Bonchev–Trinajstić information content (AvgIpc) is 2.66. The summed E-state index contributed by atoms with van der Waals surface area (Å²) in [5.74, 6) is -0.744. The van der Waals surface area contributed by atoms with Gasteiger partial charge in [-0.25, -0.2) is 4.79 Å². The first kappa shape index (κ1) is 17.7. The molecule has 0 atom stereocenters. The minimum atomic E-state index is -0.494. The van der Waals surface area contributed by atoms with E-state index in [-0.39, 0.29) is 18.6 Å². The lowest BCUT2D eigenvalue weighted by Gasteiger charge is -2.26. The number of carbonyl (C=O) groups is 2. The minimum absolute atomic E-state index is 0.0406. The molecule has 0 aliphatic rings. The van der Waals surface area contributed by atoms with Crippen LogP contribution in [0.4, 0.5) is 5.69 Å². The van der Waals surface area contributed by atoms with Crippen molar-refractivity contribution in [3.8, 4) is 0 Å². The number of anilines is 1. The minimum Gasteiger partial charge on any atom is -0.452 e. The van der Waals surface area contributed by atoms with Crippen molar-refractivity contribution in [2.24, 2.45) is 0 Å². The number of hydrogen-bond acceptors (Lipinski definition) is 3. The van der Waals surface area contributed by atoms with Gasteiger partial charge in [0.05, 0.1) is 5.56 Å². The van der Waals surface area contributed by atoms with Crippen LogP contribution in [0, 0.1) is 0 Å². The van der Waals surface area contributed by atoms with Crippen LogP contribution in [0.15, 0.2) is 72.8 Å². The van der Waals surface area contributed by atoms with Gasteiger partial charge in [-0.15, -0.1) is 0 Å². The van der Waals surface area contributed by atoms with E-state index in [1.807, 2.05) is 80.6 Å². The van der Waals surface area contributed by atoms with E-state index >= 15 is 0 Å². The molecule has 0 aliphatic heterocycles. The largest absolute Gasteiger partial charge is 0.452 e. The summed E-state index contributed by atoms with van der Waals surface area (Å²) in [7, 11) is 0. The molecule has 0 spiro atoms. The summed E-state index contributed by atoms with van der Waals surface area (Å²) in [4.78, 5) is 26.8. The van der Waals surface area contributed by atoms with E-state index in [9.17, 15) is 9.59 Å². The fourth-order valence-electron chi connectivity index (χ4n) is 3.00. The lowest BCUT2D eigenvalue weighted by molar-refractivity contribution is -0.122. The van der Waals surface area contributed by atoms with E-state index in [2.05, 4.69) is 0 Å². The number of carbonyl (C=O) groups excluding carboxylic acids is 2. The number of fused-ring (bicyclic) bond motifs is 1. The molecule has 0 aliphatic carbocycles. The van der Waals surface area contributed by atoms with E-state index in [1.165, 1.54) is 0 Å². The van der Waals surface area contributed by atoms with Crippen LogP contribution in [0.1, 0.15) is 24.2 Å². The van der Waals surface area contributed by atoms with Gasteiger partial charge in [0.2, 0.25) is 0 Å². The van der Waals surface area contributed by atoms with Gasteiger partial charge in [-0.2, -0.15) is 0 Å². The van der Waals surface area contributed by atoms with Gasteiger partial charge in [0.25, 0.3) is 5.91 Å². The van der Waals surface area contributed by atoms with Gasteiger partial charge >= 0.3 is 5.97 Å². The molecule has 3 rings (SSSR count). The SMILES string of the molecule is CC(C)N(C(=O)COC(=O)c1cccc2ccccc12)c1ccccc1. The van der Waals surface area contributed by atoms with E-state index in [0.717, 1.165) is 16.5 Å². The van der Waals surface area contributed by atoms with Crippen LogP contribution in [0.2, 0.25) is 0 Å². The molecular weight excluding hydrogens is 326 g/mol. The number of amides is 1. The highest BCUT2D eigenvalue weighted by Gasteiger charge is 2.21. The van der Waals surface area contributed by atoms with Gasteiger partial charge in [0.15, 0.2) is 6.61 Å². The molecule has 0 heterocycles. The molecule has 0 saturated carbocycles. The highest BCUT2D eigenvalue weighted by molar-refractivity contribution is 6.05. The molecule has 0 fully saturated rings. The zero-order valence-corrected chi connectivity index (χ0v) is 14.9. The van der Waals surface area contributed by atoms with E-state index in [4.69, 9.17) is 4.74 Å². The Labute approximate surface area is 153 Å². The quantitative estimate of drug-likeness (QED) is 0.641. The van der Waals surface area contributed by atoms with Crippen molar-refractivity contribution in [1.29, 1.82) is 0 Å². The fourth-order valence-corrected chi connectivity index (χ4v) is 3.00. The Balaban J connectivity index is 1.75. The molecule has 3 aromatic carbocycles. The zero-order valence-electron chi connectivity index (χ0n) is 14.9. The molecule has 0 N–H and O–H groups in total. The molecule has 0 saturated heterocycles. The van der Waals surface area contributed by atoms with Crippen molar-refractivity contribution in [2.45, 2.75) is 19.9 Å². The highest BCUT2D eigenvalue weighted by atomic mass is 16.5. The second-order valence-electron chi connectivity index (χ2n) is 6.30. The number of hydrogen-bond donors (Lipinski definition) is 0. The summed E-state index contributed by atoms with van der Waals surface area (Å²) in [6, 6.07) is 22.4. The summed E-state index contributed by atoms with van der Waals surface area (Å²) < 4.78 is 5.32. The lowest BCUT2D eigenvalue weighted by atomic mass is 10.1. The van der Waals surface area contributed by atoms with Crippen molar-refractivity contribution in [3.05, 3.63) is 78.4 Å². The van der Waals surface area contributed by atoms with Gasteiger partial charge in [-0.05, 0) is 42.8 Å². The Morgan fingerprint density at radius 1 is 0.885 bits per heavy atom. The van der Waals surface area contributed by atoms with Crippen molar-refractivity contribution in [3.63, 3.8) is 0 Å². The monoisotopic (exact) mass is 347 g/mol. The van der Waals surface area contributed by atoms with Crippen LogP contribution in [0.25, 0.3) is 10.8 Å². The van der Waals surface area contributed by atoms with Gasteiger partial charge in [0, 0.05) is 11.7 Å². The molecule has 0 radical (unpaired) electrons. The highest BCUT2D eigenvalue weighted by Crippen LogP contribution is 2.20. The smallest absolute Gasteiger partial charge is 0.339 e. The van der Waals surface area contributed by atoms with Crippen LogP contribution in [0.3, 0.4) is 0 Å². The third-order valence-corrected chi connectivity index (χ3v) is 4.16.